The van der Waals surface area contributed by atoms with Crippen LogP contribution in [0.3, 0.4) is 0 Å². The Labute approximate surface area is 223 Å². The van der Waals surface area contributed by atoms with Gasteiger partial charge < -0.3 is 19.5 Å². The van der Waals surface area contributed by atoms with Crippen LogP contribution in [-0.4, -0.2) is 69.6 Å². The maximum atomic E-state index is 10.4. The van der Waals surface area contributed by atoms with Crippen molar-refractivity contribution >= 4 is 24.6 Å². The fourth-order valence-corrected chi connectivity index (χ4v) is 7.60. The third-order valence-corrected chi connectivity index (χ3v) is 9.26. The molecule has 0 radical (unpaired) electrons. The molecule has 6 rings (SSSR count). The molecule has 3 atom stereocenters. The number of pyridine rings is 1. The van der Waals surface area contributed by atoms with Gasteiger partial charge >= 0.3 is 7.05 Å². The molecule has 5 heterocycles. The Kier molecular flexibility index (Phi) is 6.86. The molecule has 9 heteroatoms. The van der Waals surface area contributed by atoms with Crippen LogP contribution >= 0.6 is 11.8 Å². The number of fused-ring (bicyclic) bond motifs is 3. The highest BCUT2D eigenvalue weighted by Crippen LogP contribution is 2.42. The van der Waals surface area contributed by atoms with Gasteiger partial charge in [0.15, 0.2) is 5.82 Å². The van der Waals surface area contributed by atoms with Gasteiger partial charge in [-0.1, -0.05) is 24.6 Å². The molecule has 3 aliphatic heterocycles. The first-order valence-corrected chi connectivity index (χ1v) is 14.3. The molecule has 0 aliphatic carbocycles. The van der Waals surface area contributed by atoms with Gasteiger partial charge in [0.25, 0.3) is 0 Å². The Balaban J connectivity index is 1.25. The Morgan fingerprint density at radius 2 is 1.81 bits per heavy atom. The molecule has 2 fully saturated rings. The zero-order valence-electron chi connectivity index (χ0n) is 21.8. The summed E-state index contributed by atoms with van der Waals surface area (Å²) in [5, 5.41) is 19.9. The number of rotatable bonds is 5. The third kappa shape index (κ3) is 4.73. The Hall–Kier alpha value is -2.62. The highest BCUT2D eigenvalue weighted by molar-refractivity contribution is 7.99. The third-order valence-electron chi connectivity index (χ3n) is 8.26. The SMILES string of the molecule is COc1cc(-c2ccc(-c3cc4c(nn3)N(C3CC5CCC[C@@H](C3)N5B(C)O)CCS4)c(C)c2)ccn1. The summed E-state index contributed by atoms with van der Waals surface area (Å²) in [6.07, 6.45) is 7.59. The normalized spacial score (nSPS) is 23.5. The minimum atomic E-state index is -0.363. The van der Waals surface area contributed by atoms with E-state index in [2.05, 4.69) is 45.9 Å². The molecule has 7 nitrogen and oxygen atoms in total. The summed E-state index contributed by atoms with van der Waals surface area (Å²) in [5.74, 6) is 2.71. The summed E-state index contributed by atoms with van der Waals surface area (Å²) in [6.45, 7) is 5.06. The summed E-state index contributed by atoms with van der Waals surface area (Å²) < 4.78 is 5.29. The number of hydrogen-bond donors (Lipinski definition) is 1. The predicted molar refractivity (Wildman–Crippen MR) is 150 cm³/mol. The number of ether oxygens (including phenoxy) is 1. The molecule has 3 aromatic rings. The van der Waals surface area contributed by atoms with Crippen molar-refractivity contribution in [1.82, 2.24) is 20.0 Å². The second-order valence-electron chi connectivity index (χ2n) is 10.5. The standard InChI is InChI=1S/C28H34BN5O2S/c1-18-13-19(20-9-10-30-27(14-20)36-3)7-8-24(18)25-17-26-28(32-31-25)33(11-12-37-26)23-15-21-5-4-6-22(16-23)34(21)29(2)35/h7-10,13-14,17,21-23,35H,4-6,11-12,15-16H2,1-3H3/t21-,22?,23?/m0/s1. The number of thioether (sulfide) groups is 1. The second-order valence-corrected chi connectivity index (χ2v) is 11.7. The molecule has 2 bridgehead atoms. The molecule has 0 amide bonds. The number of benzene rings is 1. The van der Waals surface area contributed by atoms with Crippen molar-refractivity contribution in [1.29, 1.82) is 0 Å². The van der Waals surface area contributed by atoms with Gasteiger partial charge in [0.2, 0.25) is 5.88 Å². The average Bonchev–Trinajstić information content (AvgIpc) is 2.91. The second kappa shape index (κ2) is 10.3. The van der Waals surface area contributed by atoms with E-state index in [0.717, 1.165) is 53.3 Å². The van der Waals surface area contributed by atoms with Crippen molar-refractivity contribution in [3.05, 3.63) is 48.2 Å². The molecule has 0 spiro atoms. The lowest BCUT2D eigenvalue weighted by Gasteiger charge is -2.52. The fraction of sp³-hybridized carbons (Fsp3) is 0.464. The molecule has 2 saturated heterocycles. The summed E-state index contributed by atoms with van der Waals surface area (Å²) in [5.41, 5.74) is 5.40. The van der Waals surface area contributed by atoms with Gasteiger partial charge in [-0.3, -0.25) is 0 Å². The number of aryl methyl sites for hydroxylation is 1. The lowest BCUT2D eigenvalue weighted by molar-refractivity contribution is 0.0896. The Bertz CT molecular complexity index is 1280. The van der Waals surface area contributed by atoms with E-state index in [9.17, 15) is 5.02 Å². The monoisotopic (exact) mass is 515 g/mol. The van der Waals surface area contributed by atoms with Crippen LogP contribution in [0, 0.1) is 6.92 Å². The van der Waals surface area contributed by atoms with E-state index >= 15 is 0 Å². The molecular formula is C28H34BN5O2S. The topological polar surface area (TPSA) is 74.6 Å². The summed E-state index contributed by atoms with van der Waals surface area (Å²) in [6, 6.07) is 14.0. The Morgan fingerprint density at radius 1 is 1.03 bits per heavy atom. The molecule has 1 aromatic carbocycles. The van der Waals surface area contributed by atoms with Gasteiger partial charge in [0.1, 0.15) is 0 Å². The van der Waals surface area contributed by atoms with E-state index in [0.29, 0.717) is 24.0 Å². The van der Waals surface area contributed by atoms with Crippen LogP contribution in [-0.2, 0) is 0 Å². The molecule has 192 valence electrons. The van der Waals surface area contributed by atoms with Crippen molar-refractivity contribution in [2.45, 2.75) is 68.9 Å². The average molecular weight is 515 g/mol. The smallest absolute Gasteiger partial charge is 0.376 e. The van der Waals surface area contributed by atoms with E-state index in [1.807, 2.05) is 30.7 Å². The van der Waals surface area contributed by atoms with Crippen LogP contribution in [0.5, 0.6) is 5.88 Å². The minimum Gasteiger partial charge on any atom is -0.481 e. The first-order chi connectivity index (χ1) is 18.0. The van der Waals surface area contributed by atoms with Crippen molar-refractivity contribution in [3.8, 4) is 28.3 Å². The largest absolute Gasteiger partial charge is 0.481 e. The van der Waals surface area contributed by atoms with Gasteiger partial charge in [-0.15, -0.1) is 22.0 Å². The zero-order chi connectivity index (χ0) is 25.5. The van der Waals surface area contributed by atoms with E-state index in [-0.39, 0.29) is 7.05 Å². The molecule has 1 N–H and O–H groups in total. The van der Waals surface area contributed by atoms with Gasteiger partial charge in [-0.2, -0.15) is 0 Å². The van der Waals surface area contributed by atoms with Crippen LogP contribution in [0.4, 0.5) is 5.82 Å². The molecular weight excluding hydrogens is 481 g/mol. The molecule has 2 aromatic heterocycles. The fourth-order valence-electron chi connectivity index (χ4n) is 6.61. The lowest BCUT2D eigenvalue weighted by Crippen LogP contribution is -2.61. The van der Waals surface area contributed by atoms with Crippen molar-refractivity contribution in [2.75, 3.05) is 24.3 Å². The molecule has 3 aliphatic rings. The van der Waals surface area contributed by atoms with Gasteiger partial charge in [-0.25, -0.2) is 4.98 Å². The number of hydrogen-bond acceptors (Lipinski definition) is 8. The maximum Gasteiger partial charge on any atom is 0.376 e. The lowest BCUT2D eigenvalue weighted by atomic mass is 9.71. The number of piperidine rings is 2. The number of methoxy groups -OCH3 is 1. The summed E-state index contributed by atoms with van der Waals surface area (Å²) in [7, 11) is 1.27. The van der Waals surface area contributed by atoms with Crippen molar-refractivity contribution in [3.63, 3.8) is 0 Å². The quantitative estimate of drug-likeness (QED) is 0.480. The summed E-state index contributed by atoms with van der Waals surface area (Å²) in [4.78, 5) is 10.3. The molecule has 2 unspecified atom stereocenters. The van der Waals surface area contributed by atoms with E-state index in [1.165, 1.54) is 29.7 Å². The number of aromatic nitrogens is 3. The van der Waals surface area contributed by atoms with Crippen LogP contribution in [0.2, 0.25) is 6.82 Å². The van der Waals surface area contributed by atoms with Gasteiger partial charge in [-0.05, 0) is 68.3 Å². The van der Waals surface area contributed by atoms with E-state index in [1.54, 1.807) is 13.3 Å². The first-order valence-electron chi connectivity index (χ1n) is 13.4. The first kappa shape index (κ1) is 24.7. The summed E-state index contributed by atoms with van der Waals surface area (Å²) >= 11 is 1.89. The van der Waals surface area contributed by atoms with Gasteiger partial charge in [0, 0.05) is 48.2 Å². The van der Waals surface area contributed by atoms with Crippen molar-refractivity contribution < 1.29 is 9.76 Å². The molecule has 37 heavy (non-hydrogen) atoms. The van der Waals surface area contributed by atoms with Gasteiger partial charge in [0.05, 0.1) is 17.7 Å². The number of nitrogens with zero attached hydrogens (tertiary/aromatic N) is 5. The highest BCUT2D eigenvalue weighted by atomic mass is 32.2. The van der Waals surface area contributed by atoms with Crippen LogP contribution in [0.15, 0.2) is 47.5 Å². The van der Waals surface area contributed by atoms with Crippen LogP contribution < -0.4 is 9.64 Å². The highest BCUT2D eigenvalue weighted by Gasteiger charge is 2.43. The van der Waals surface area contributed by atoms with Crippen LogP contribution in [0.1, 0.15) is 37.7 Å². The van der Waals surface area contributed by atoms with Crippen molar-refractivity contribution in [2.24, 2.45) is 0 Å². The predicted octanol–water partition coefficient (Wildman–Crippen LogP) is 4.93. The minimum absolute atomic E-state index is 0.363. The number of anilines is 1. The zero-order valence-corrected chi connectivity index (χ0v) is 22.6. The van der Waals surface area contributed by atoms with E-state index in [4.69, 9.17) is 14.9 Å². The maximum absolute atomic E-state index is 10.4. The van der Waals surface area contributed by atoms with Crippen LogP contribution in [0.25, 0.3) is 22.4 Å². The Morgan fingerprint density at radius 3 is 2.54 bits per heavy atom. The molecule has 0 saturated carbocycles. The van der Waals surface area contributed by atoms with E-state index < -0.39 is 0 Å².